The first-order valence-corrected chi connectivity index (χ1v) is 8.58. The van der Waals surface area contributed by atoms with Crippen molar-refractivity contribution < 1.29 is 38.6 Å². The fourth-order valence-electron chi connectivity index (χ4n) is 2.01. The zero-order valence-electron chi connectivity index (χ0n) is 11.0. The van der Waals surface area contributed by atoms with Crippen molar-refractivity contribution in [2.45, 2.75) is 24.5 Å². The van der Waals surface area contributed by atoms with Gasteiger partial charge in [-0.1, -0.05) is 6.58 Å². The molecule has 2 aliphatic rings. The highest BCUT2D eigenvalue weighted by Gasteiger charge is 2.47. The number of carbonyl (C=O) groups excluding carboxylic acids is 1. The molecule has 1 saturated heterocycles. The van der Waals surface area contributed by atoms with Crippen LogP contribution in [0.1, 0.15) is 0 Å². The van der Waals surface area contributed by atoms with Gasteiger partial charge in [-0.15, -0.1) is 0 Å². The molecule has 0 aromatic rings. The van der Waals surface area contributed by atoms with Crippen LogP contribution >= 0.6 is 30.4 Å². The van der Waals surface area contributed by atoms with Crippen molar-refractivity contribution in [1.82, 2.24) is 10.2 Å². The number of nitrogens with zero attached hydrogens (tertiary/aromatic N) is 1. The van der Waals surface area contributed by atoms with E-state index in [1.54, 1.807) is 22.6 Å². The van der Waals surface area contributed by atoms with Gasteiger partial charge in [-0.2, -0.15) is 0 Å². The molecule has 0 aliphatic carbocycles. The molecule has 2 rings (SSSR count). The number of phosphoric ester groups is 1. The van der Waals surface area contributed by atoms with Crippen LogP contribution in [0.3, 0.4) is 0 Å². The van der Waals surface area contributed by atoms with E-state index in [-0.39, 0.29) is 11.7 Å². The summed E-state index contributed by atoms with van der Waals surface area (Å²) in [5.41, 5.74) is 0. The Morgan fingerprint density at radius 1 is 1.45 bits per heavy atom. The maximum absolute atomic E-state index is 11.5. The van der Waals surface area contributed by atoms with E-state index in [2.05, 4.69) is 16.4 Å². The summed E-state index contributed by atoms with van der Waals surface area (Å²) in [7, 11) is -4.72. The van der Waals surface area contributed by atoms with Crippen LogP contribution < -0.4 is 5.32 Å². The summed E-state index contributed by atoms with van der Waals surface area (Å²) in [6.45, 7) is 3.01. The first-order valence-electron chi connectivity index (χ1n) is 5.98. The zero-order chi connectivity index (χ0) is 16.7. The molecular weight excluding hydrogens is 434 g/mol. The van der Waals surface area contributed by atoms with E-state index in [1.165, 1.54) is 11.1 Å². The average Bonchev–Trinajstić information content (AvgIpc) is 2.68. The number of carbonyl (C=O) groups is 1. The molecule has 2 aliphatic heterocycles. The Bertz CT molecular complexity index is 563. The molecule has 4 atom stereocenters. The van der Waals surface area contributed by atoms with E-state index in [4.69, 9.17) is 14.5 Å². The van der Waals surface area contributed by atoms with Gasteiger partial charge in [-0.25, -0.2) is 4.57 Å². The van der Waals surface area contributed by atoms with Crippen LogP contribution in [-0.4, -0.2) is 62.0 Å². The monoisotopic (exact) mass is 448 g/mol. The molecule has 1 amide bonds. The Morgan fingerprint density at radius 2 is 2.09 bits per heavy atom. The van der Waals surface area contributed by atoms with E-state index >= 15 is 0 Å². The van der Waals surface area contributed by atoms with Gasteiger partial charge in [-0.3, -0.25) is 9.32 Å². The van der Waals surface area contributed by atoms with Gasteiger partial charge in [0, 0.05) is 6.20 Å². The van der Waals surface area contributed by atoms with Crippen molar-refractivity contribution in [2.24, 2.45) is 0 Å². The van der Waals surface area contributed by atoms with Crippen molar-refractivity contribution >= 4 is 36.3 Å². The minimum atomic E-state index is -4.72. The van der Waals surface area contributed by atoms with Crippen LogP contribution in [0, 0.1) is 0 Å². The number of aliphatic hydroxyl groups is 2. The first-order chi connectivity index (χ1) is 10.1. The summed E-state index contributed by atoms with van der Waals surface area (Å²) in [5.74, 6) is -0.227. The molecule has 2 heterocycles. The molecule has 10 nitrogen and oxygen atoms in total. The predicted molar refractivity (Wildman–Crippen MR) is 79.9 cm³/mol. The summed E-state index contributed by atoms with van der Waals surface area (Å²) in [4.78, 5) is 30.1. The topological polar surface area (TPSA) is 149 Å². The Labute approximate surface area is 138 Å². The van der Waals surface area contributed by atoms with Crippen LogP contribution in [0.4, 0.5) is 0 Å². The molecule has 0 bridgehead atoms. The molecule has 1 fully saturated rings. The normalized spacial score (nSPS) is 33.0. The van der Waals surface area contributed by atoms with Gasteiger partial charge < -0.3 is 35.0 Å². The molecule has 0 aromatic carbocycles. The molecule has 22 heavy (non-hydrogen) atoms. The second-order valence-electron chi connectivity index (χ2n) is 4.62. The number of phosphoric acid groups is 1. The molecule has 0 aromatic heterocycles. The lowest BCUT2D eigenvalue weighted by Gasteiger charge is -2.33. The lowest BCUT2D eigenvalue weighted by molar-refractivity contribution is -0.118. The molecule has 0 spiro atoms. The maximum Gasteiger partial charge on any atom is 0.469 e. The minimum Gasteiger partial charge on any atom is -0.387 e. The lowest BCUT2D eigenvalue weighted by atomic mass is 10.1. The third-order valence-corrected chi connectivity index (χ3v) is 4.31. The van der Waals surface area contributed by atoms with Gasteiger partial charge in [0.15, 0.2) is 6.23 Å². The second kappa shape index (κ2) is 6.53. The van der Waals surface area contributed by atoms with Crippen LogP contribution in [0.5, 0.6) is 0 Å². The largest absolute Gasteiger partial charge is 0.469 e. The number of halogens is 1. The van der Waals surface area contributed by atoms with Crippen LogP contribution in [0.15, 0.2) is 22.2 Å². The van der Waals surface area contributed by atoms with Gasteiger partial charge in [0.2, 0.25) is 0 Å². The van der Waals surface area contributed by atoms with E-state index < -0.39 is 39.0 Å². The number of hydrogen-bond donors (Lipinski definition) is 5. The van der Waals surface area contributed by atoms with Gasteiger partial charge in [-0.05, 0) is 22.6 Å². The minimum absolute atomic E-state index is 0.137. The van der Waals surface area contributed by atoms with Gasteiger partial charge in [0.1, 0.15) is 24.1 Å². The quantitative estimate of drug-likeness (QED) is 0.262. The number of amides is 1. The molecular formula is C10H14IN2O8P. The van der Waals surface area contributed by atoms with Crippen LogP contribution in [0.25, 0.3) is 0 Å². The fourth-order valence-corrected chi connectivity index (χ4v) is 2.78. The molecule has 0 saturated carbocycles. The molecule has 2 unspecified atom stereocenters. The number of hydrogen-bond acceptors (Lipinski definition) is 7. The Morgan fingerprint density at radius 3 is 2.68 bits per heavy atom. The molecule has 124 valence electrons. The summed E-state index contributed by atoms with van der Waals surface area (Å²) >= 11 is 1.78. The maximum atomic E-state index is 11.5. The van der Waals surface area contributed by atoms with Crippen molar-refractivity contribution in [3.05, 3.63) is 22.2 Å². The van der Waals surface area contributed by atoms with Gasteiger partial charge in [0.25, 0.3) is 5.91 Å². The Kier molecular flexibility index (Phi) is 5.29. The molecule has 5 N–H and O–H groups in total. The van der Waals surface area contributed by atoms with Crippen molar-refractivity contribution in [2.75, 3.05) is 6.61 Å². The SMILES string of the molecule is C=C1NC(=O)C(I)=CN1C1O[C@H](COP(=O)(O)O)[C@@H](O)C1O. The molecule has 12 heteroatoms. The first kappa shape index (κ1) is 17.8. The smallest absolute Gasteiger partial charge is 0.387 e. The standard InChI is InChI=1S/C10H14IN2O8P/c1-4-12-9(16)5(11)2-13(4)10-8(15)7(14)6(21-10)3-20-22(17,18)19/h2,6-8,10,14-15H,1,3H2,(H,12,16)(H2,17,18,19)/t6-,7-,8?,10?/m1/s1. The van der Waals surface area contributed by atoms with Crippen LogP contribution in [0.2, 0.25) is 0 Å². The van der Waals surface area contributed by atoms with Crippen molar-refractivity contribution in [3.8, 4) is 0 Å². The second-order valence-corrected chi connectivity index (χ2v) is 7.02. The van der Waals surface area contributed by atoms with Crippen molar-refractivity contribution in [3.63, 3.8) is 0 Å². The summed E-state index contributed by atoms with van der Waals surface area (Å²) in [5, 5.41) is 22.4. The Hall–Kier alpha value is -0.530. The van der Waals surface area contributed by atoms with Crippen molar-refractivity contribution in [1.29, 1.82) is 0 Å². The highest BCUT2D eigenvalue weighted by Crippen LogP contribution is 2.37. The highest BCUT2D eigenvalue weighted by atomic mass is 127. The summed E-state index contributed by atoms with van der Waals surface area (Å²) in [6.07, 6.45) is -3.66. The number of nitrogens with one attached hydrogen (secondary N) is 1. The van der Waals surface area contributed by atoms with Gasteiger partial charge in [0.05, 0.1) is 10.2 Å². The third-order valence-electron chi connectivity index (χ3n) is 3.06. The van der Waals surface area contributed by atoms with Gasteiger partial charge >= 0.3 is 7.82 Å². The fraction of sp³-hybridized carbons (Fsp3) is 0.500. The summed E-state index contributed by atoms with van der Waals surface area (Å²) < 4.78 is 20.6. The zero-order valence-corrected chi connectivity index (χ0v) is 14.0. The number of aliphatic hydroxyl groups excluding tert-OH is 2. The summed E-state index contributed by atoms with van der Waals surface area (Å²) in [6, 6.07) is 0. The molecule has 0 radical (unpaired) electrons. The van der Waals surface area contributed by atoms with Crippen LogP contribution in [-0.2, 0) is 18.6 Å². The number of ether oxygens (including phenoxy) is 1. The lowest BCUT2D eigenvalue weighted by Crippen LogP contribution is -2.47. The predicted octanol–water partition coefficient (Wildman–Crippen LogP) is -1.28. The Balaban J connectivity index is 2.11. The van der Waals surface area contributed by atoms with E-state index in [9.17, 15) is 19.6 Å². The number of rotatable bonds is 4. The average molecular weight is 448 g/mol. The third kappa shape index (κ3) is 3.86. The van der Waals surface area contributed by atoms with E-state index in [0.29, 0.717) is 3.58 Å². The van der Waals surface area contributed by atoms with E-state index in [0.717, 1.165) is 0 Å². The highest BCUT2D eigenvalue weighted by molar-refractivity contribution is 14.1. The van der Waals surface area contributed by atoms with E-state index in [1.807, 2.05) is 0 Å².